The lowest BCUT2D eigenvalue weighted by Gasteiger charge is -2.34. The summed E-state index contributed by atoms with van der Waals surface area (Å²) in [5.74, 6) is -0.254. The third-order valence-corrected chi connectivity index (χ3v) is 8.74. The van der Waals surface area contributed by atoms with Crippen LogP contribution in [0.3, 0.4) is 0 Å². The van der Waals surface area contributed by atoms with Crippen molar-refractivity contribution in [1.82, 2.24) is 13.9 Å². The molecule has 9 heteroatoms. The van der Waals surface area contributed by atoms with E-state index in [1.165, 1.54) is 9.87 Å². The van der Waals surface area contributed by atoms with Crippen molar-refractivity contribution in [2.24, 2.45) is 0 Å². The van der Waals surface area contributed by atoms with Crippen molar-refractivity contribution in [3.63, 3.8) is 0 Å². The molecule has 30 heavy (non-hydrogen) atoms. The molecule has 0 unspecified atom stereocenters. The summed E-state index contributed by atoms with van der Waals surface area (Å²) in [7, 11) is -7.27. The number of aryl methyl sites for hydroxylation is 2. The molecule has 7 nitrogen and oxygen atoms in total. The summed E-state index contributed by atoms with van der Waals surface area (Å²) < 4.78 is 54.2. The molecule has 2 aromatic carbocycles. The predicted octanol–water partition coefficient (Wildman–Crippen LogP) is 1.73. The molecule has 1 aliphatic heterocycles. The van der Waals surface area contributed by atoms with E-state index in [0.29, 0.717) is 31.7 Å². The maximum atomic E-state index is 12.7. The van der Waals surface area contributed by atoms with Crippen LogP contribution in [0, 0.1) is 13.8 Å². The second kappa shape index (κ2) is 9.57. The van der Waals surface area contributed by atoms with Gasteiger partial charge in [0.2, 0.25) is 20.0 Å². The first kappa shape index (κ1) is 22.9. The summed E-state index contributed by atoms with van der Waals surface area (Å²) >= 11 is 0. The van der Waals surface area contributed by atoms with Crippen LogP contribution in [-0.4, -0.2) is 64.5 Å². The molecule has 3 rings (SSSR count). The fourth-order valence-corrected chi connectivity index (χ4v) is 6.34. The van der Waals surface area contributed by atoms with E-state index in [9.17, 15) is 16.8 Å². The summed E-state index contributed by atoms with van der Waals surface area (Å²) in [6.45, 7) is 6.41. The molecule has 0 aliphatic carbocycles. The molecule has 164 valence electrons. The van der Waals surface area contributed by atoms with Gasteiger partial charge in [-0.3, -0.25) is 4.90 Å². The van der Waals surface area contributed by atoms with Gasteiger partial charge in [-0.2, -0.15) is 4.31 Å². The van der Waals surface area contributed by atoms with Crippen LogP contribution in [-0.2, 0) is 26.6 Å². The van der Waals surface area contributed by atoms with Gasteiger partial charge < -0.3 is 0 Å². The highest BCUT2D eigenvalue weighted by Crippen LogP contribution is 2.16. The molecule has 0 aromatic heterocycles. The molecule has 0 atom stereocenters. The minimum Gasteiger partial charge on any atom is -0.296 e. The van der Waals surface area contributed by atoms with Crippen molar-refractivity contribution in [3.05, 3.63) is 65.2 Å². The lowest BCUT2D eigenvalue weighted by atomic mass is 10.2. The summed E-state index contributed by atoms with van der Waals surface area (Å²) in [6, 6.07) is 15.2. The van der Waals surface area contributed by atoms with Crippen molar-refractivity contribution < 1.29 is 16.8 Å². The number of rotatable bonds is 8. The Morgan fingerprint density at radius 3 is 2.20 bits per heavy atom. The van der Waals surface area contributed by atoms with Gasteiger partial charge in [0.1, 0.15) is 0 Å². The summed E-state index contributed by atoms with van der Waals surface area (Å²) in [4.78, 5) is 2.41. The Labute approximate surface area is 179 Å². The topological polar surface area (TPSA) is 86.8 Å². The second-order valence-corrected chi connectivity index (χ2v) is 11.5. The Balaban J connectivity index is 1.51. The average molecular weight is 452 g/mol. The molecule has 2 aromatic rings. The number of hydrogen-bond acceptors (Lipinski definition) is 5. The normalized spacial score (nSPS) is 16.6. The molecule has 1 N–H and O–H groups in total. The number of nitrogens with one attached hydrogen (secondary N) is 1. The van der Waals surface area contributed by atoms with Gasteiger partial charge in [-0.05, 0) is 31.0 Å². The zero-order chi connectivity index (χ0) is 21.8. The van der Waals surface area contributed by atoms with Crippen LogP contribution in [0.15, 0.2) is 53.4 Å². The van der Waals surface area contributed by atoms with E-state index in [1.807, 2.05) is 25.1 Å². The monoisotopic (exact) mass is 451 g/mol. The minimum atomic E-state index is -3.75. The molecule has 1 aliphatic rings. The molecular formula is C21H29N3O4S2. The first-order valence-electron chi connectivity index (χ1n) is 9.98. The van der Waals surface area contributed by atoms with Crippen molar-refractivity contribution in [2.75, 3.05) is 38.5 Å². The van der Waals surface area contributed by atoms with Gasteiger partial charge in [0, 0.05) is 39.3 Å². The smallest absolute Gasteiger partial charge is 0.240 e. The fraction of sp³-hybridized carbons (Fsp3) is 0.429. The van der Waals surface area contributed by atoms with Gasteiger partial charge in [0.05, 0.1) is 10.6 Å². The maximum Gasteiger partial charge on any atom is 0.240 e. The number of nitrogens with zero attached hydrogens (tertiary/aromatic N) is 2. The molecule has 1 fully saturated rings. The lowest BCUT2D eigenvalue weighted by Crippen LogP contribution is -2.49. The molecule has 0 bridgehead atoms. The van der Waals surface area contributed by atoms with Crippen LogP contribution in [0.2, 0.25) is 0 Å². The maximum absolute atomic E-state index is 12.7. The van der Waals surface area contributed by atoms with Crippen LogP contribution >= 0.6 is 0 Å². The Hall–Kier alpha value is -1.78. The zero-order valence-electron chi connectivity index (χ0n) is 17.4. The van der Waals surface area contributed by atoms with Crippen LogP contribution < -0.4 is 4.72 Å². The van der Waals surface area contributed by atoms with Crippen molar-refractivity contribution in [3.8, 4) is 0 Å². The molecule has 1 heterocycles. The SMILES string of the molecule is Cc1ccc(S(=O)(=O)NCCS(=O)(=O)N2CCN(Cc3ccccc3)CC2)c(C)c1. The van der Waals surface area contributed by atoms with Crippen LogP contribution in [0.4, 0.5) is 0 Å². The van der Waals surface area contributed by atoms with Crippen LogP contribution in [0.1, 0.15) is 16.7 Å². The fourth-order valence-electron chi connectivity index (χ4n) is 3.62. The van der Waals surface area contributed by atoms with Gasteiger partial charge in [-0.1, -0.05) is 48.0 Å². The second-order valence-electron chi connectivity index (χ2n) is 7.64. The molecule has 1 saturated heterocycles. The first-order valence-corrected chi connectivity index (χ1v) is 13.1. The highest BCUT2D eigenvalue weighted by atomic mass is 32.2. The Morgan fingerprint density at radius 2 is 1.57 bits per heavy atom. The van der Waals surface area contributed by atoms with Gasteiger partial charge in [0.15, 0.2) is 0 Å². The van der Waals surface area contributed by atoms with Gasteiger partial charge in [-0.25, -0.2) is 21.6 Å². The molecule has 0 saturated carbocycles. The quantitative estimate of drug-likeness (QED) is 0.661. The third-order valence-electron chi connectivity index (χ3n) is 5.25. The Bertz CT molecular complexity index is 1060. The molecule has 0 radical (unpaired) electrons. The summed E-state index contributed by atoms with van der Waals surface area (Å²) in [5.41, 5.74) is 2.81. The van der Waals surface area contributed by atoms with Crippen molar-refractivity contribution >= 4 is 20.0 Å². The van der Waals surface area contributed by atoms with Gasteiger partial charge >= 0.3 is 0 Å². The van der Waals surface area contributed by atoms with E-state index in [4.69, 9.17) is 0 Å². The molecule has 0 spiro atoms. The number of piperazine rings is 1. The minimum absolute atomic E-state index is 0.151. The standard InChI is InChI=1S/C21H29N3O4S2/c1-18-8-9-21(19(2)16-18)30(27,28)22-10-15-29(25,26)24-13-11-23(12-14-24)17-20-6-4-3-5-7-20/h3-9,16,22H,10-15,17H2,1-2H3. The van der Waals surface area contributed by atoms with E-state index < -0.39 is 20.0 Å². The zero-order valence-corrected chi connectivity index (χ0v) is 19.0. The van der Waals surface area contributed by atoms with Gasteiger partial charge in [-0.15, -0.1) is 0 Å². The van der Waals surface area contributed by atoms with Gasteiger partial charge in [0.25, 0.3) is 0 Å². The highest BCUT2D eigenvalue weighted by Gasteiger charge is 2.27. The number of hydrogen-bond donors (Lipinski definition) is 1. The van der Waals surface area contributed by atoms with Crippen LogP contribution in [0.25, 0.3) is 0 Å². The summed E-state index contributed by atoms with van der Waals surface area (Å²) in [6.07, 6.45) is 0. The van der Waals surface area contributed by atoms with E-state index >= 15 is 0 Å². The van der Waals surface area contributed by atoms with E-state index in [1.54, 1.807) is 25.1 Å². The van der Waals surface area contributed by atoms with E-state index in [2.05, 4.69) is 21.8 Å². The van der Waals surface area contributed by atoms with E-state index in [0.717, 1.165) is 12.1 Å². The Kier molecular flexibility index (Phi) is 7.30. The summed E-state index contributed by atoms with van der Waals surface area (Å²) in [5, 5.41) is 0. The molecule has 0 amide bonds. The molecular weight excluding hydrogens is 422 g/mol. The average Bonchev–Trinajstić information content (AvgIpc) is 2.68. The predicted molar refractivity (Wildman–Crippen MR) is 118 cm³/mol. The Morgan fingerprint density at radius 1 is 0.900 bits per heavy atom. The largest absolute Gasteiger partial charge is 0.296 e. The lowest BCUT2D eigenvalue weighted by molar-refractivity contribution is 0.181. The third kappa shape index (κ3) is 5.89. The number of sulfonamides is 2. The van der Waals surface area contributed by atoms with Crippen LogP contribution in [0.5, 0.6) is 0 Å². The van der Waals surface area contributed by atoms with E-state index in [-0.39, 0.29) is 17.2 Å². The van der Waals surface area contributed by atoms with Crippen molar-refractivity contribution in [1.29, 1.82) is 0 Å². The highest BCUT2D eigenvalue weighted by molar-refractivity contribution is 7.90. The number of benzene rings is 2. The van der Waals surface area contributed by atoms with Crippen molar-refractivity contribution in [2.45, 2.75) is 25.3 Å². The first-order chi connectivity index (χ1) is 14.2.